The fraction of sp³-hybridized carbons (Fsp3) is 0.120. The van der Waals surface area contributed by atoms with Crippen LogP contribution in [-0.2, 0) is 0 Å². The third kappa shape index (κ3) is 2.29. The van der Waals surface area contributed by atoms with Crippen LogP contribution < -0.4 is 0 Å². The van der Waals surface area contributed by atoms with Crippen molar-refractivity contribution in [3.05, 3.63) is 120 Å². The van der Waals surface area contributed by atoms with Gasteiger partial charge in [0.1, 0.15) is 0 Å². The van der Waals surface area contributed by atoms with E-state index < -0.39 is 0 Å². The molecule has 0 aromatic heterocycles. The molecule has 120 valence electrons. The van der Waals surface area contributed by atoms with Crippen LogP contribution in [-0.4, -0.2) is 0 Å². The molecule has 0 heteroatoms. The highest BCUT2D eigenvalue weighted by molar-refractivity contribution is 5.79. The molecule has 0 saturated carbocycles. The van der Waals surface area contributed by atoms with Gasteiger partial charge in [0.2, 0.25) is 0 Å². The topological polar surface area (TPSA) is 0 Å². The monoisotopic (exact) mass is 320 g/mol. The van der Waals surface area contributed by atoms with Gasteiger partial charge in [-0.15, -0.1) is 0 Å². The molecule has 1 atom stereocenters. The van der Waals surface area contributed by atoms with Crippen molar-refractivity contribution in [1.82, 2.24) is 0 Å². The zero-order chi connectivity index (χ0) is 16.6. The second-order valence-electron chi connectivity index (χ2n) is 6.94. The maximum absolute atomic E-state index is 2.35. The zero-order valence-corrected chi connectivity index (χ0v) is 14.0. The van der Waals surface area contributed by atoms with Crippen LogP contribution in [0, 0.1) is 5.92 Å². The lowest BCUT2D eigenvalue weighted by molar-refractivity contribution is 0.540. The molecule has 2 aliphatic rings. The fourth-order valence-electron chi connectivity index (χ4n) is 4.58. The van der Waals surface area contributed by atoms with Gasteiger partial charge >= 0.3 is 0 Å². The molecule has 3 aromatic carbocycles. The molecule has 2 aliphatic carbocycles. The summed E-state index contributed by atoms with van der Waals surface area (Å²) in [6, 6.07) is 28.9. The number of benzene rings is 3. The van der Waals surface area contributed by atoms with Gasteiger partial charge in [0, 0.05) is 17.8 Å². The molecule has 0 aliphatic heterocycles. The summed E-state index contributed by atoms with van der Waals surface area (Å²) in [6.07, 6.45) is 9.07. The second kappa shape index (κ2) is 5.89. The Hall–Kier alpha value is -2.86. The van der Waals surface area contributed by atoms with Crippen LogP contribution in [0.2, 0.25) is 0 Å². The molecule has 25 heavy (non-hydrogen) atoms. The van der Waals surface area contributed by atoms with E-state index in [2.05, 4.69) is 103 Å². The van der Waals surface area contributed by atoms with Crippen molar-refractivity contribution in [2.24, 2.45) is 5.92 Å². The van der Waals surface area contributed by atoms with Crippen LogP contribution in [0.25, 0.3) is 11.1 Å². The molecule has 0 spiro atoms. The molecule has 0 radical (unpaired) electrons. The van der Waals surface area contributed by atoms with Gasteiger partial charge in [0.05, 0.1) is 0 Å². The van der Waals surface area contributed by atoms with Crippen molar-refractivity contribution in [2.45, 2.75) is 11.8 Å². The molecule has 0 N–H and O–H groups in total. The van der Waals surface area contributed by atoms with Crippen molar-refractivity contribution >= 4 is 0 Å². The lowest BCUT2D eigenvalue weighted by Crippen LogP contribution is -2.17. The summed E-state index contributed by atoms with van der Waals surface area (Å²) in [7, 11) is 0. The normalized spacial score (nSPS) is 16.8. The molecule has 0 heterocycles. The highest BCUT2D eigenvalue weighted by Crippen LogP contribution is 2.53. The Morgan fingerprint density at radius 2 is 1.08 bits per heavy atom. The number of allylic oxidation sites excluding steroid dienone is 4. The second-order valence-corrected chi connectivity index (χ2v) is 6.94. The summed E-state index contributed by atoms with van der Waals surface area (Å²) >= 11 is 0. The number of fused-ring (bicyclic) bond motifs is 3. The van der Waals surface area contributed by atoms with Crippen LogP contribution in [0.1, 0.15) is 28.5 Å². The summed E-state index contributed by atoms with van der Waals surface area (Å²) in [4.78, 5) is 0. The molecular weight excluding hydrogens is 300 g/mol. The average Bonchev–Trinajstić information content (AvgIpc) is 3.31. The molecule has 0 saturated heterocycles. The van der Waals surface area contributed by atoms with E-state index in [0.29, 0.717) is 17.8 Å². The first-order valence-corrected chi connectivity index (χ1v) is 9.01. The molecule has 0 nitrogen and oxygen atoms in total. The van der Waals surface area contributed by atoms with E-state index in [1.54, 1.807) is 0 Å². The molecule has 1 unspecified atom stereocenters. The molecule has 0 amide bonds. The van der Waals surface area contributed by atoms with Gasteiger partial charge in [-0.1, -0.05) is 103 Å². The Balaban J connectivity index is 1.74. The fourth-order valence-corrected chi connectivity index (χ4v) is 4.58. The molecule has 3 aromatic rings. The molecule has 0 bridgehead atoms. The first-order chi connectivity index (χ1) is 12.4. The van der Waals surface area contributed by atoms with E-state index in [4.69, 9.17) is 0 Å². The SMILES string of the molecule is C1=CC(C(c2ccccc2)C2c3ccccc3-c3ccccc32)C=C1. The predicted molar refractivity (Wildman–Crippen MR) is 105 cm³/mol. The van der Waals surface area contributed by atoms with Gasteiger partial charge in [0.15, 0.2) is 0 Å². The lowest BCUT2D eigenvalue weighted by Gasteiger charge is -2.30. The predicted octanol–water partition coefficient (Wildman–Crippen LogP) is 6.32. The van der Waals surface area contributed by atoms with Crippen molar-refractivity contribution < 1.29 is 0 Å². The largest absolute Gasteiger partial charge is 0.0770 e. The van der Waals surface area contributed by atoms with E-state index in [1.807, 2.05) is 0 Å². The van der Waals surface area contributed by atoms with E-state index in [-0.39, 0.29) is 0 Å². The molecule has 5 rings (SSSR count). The van der Waals surface area contributed by atoms with E-state index in [9.17, 15) is 0 Å². The van der Waals surface area contributed by atoms with Gasteiger partial charge in [-0.2, -0.15) is 0 Å². The number of hydrogen-bond donors (Lipinski definition) is 0. The summed E-state index contributed by atoms with van der Waals surface area (Å²) < 4.78 is 0. The van der Waals surface area contributed by atoms with Gasteiger partial charge in [0.25, 0.3) is 0 Å². The van der Waals surface area contributed by atoms with Gasteiger partial charge in [-0.25, -0.2) is 0 Å². The Kier molecular flexibility index (Phi) is 3.41. The third-order valence-electron chi connectivity index (χ3n) is 5.62. The van der Waals surface area contributed by atoms with Crippen LogP contribution in [0.5, 0.6) is 0 Å². The van der Waals surface area contributed by atoms with Crippen LogP contribution in [0.4, 0.5) is 0 Å². The minimum atomic E-state index is 0.396. The van der Waals surface area contributed by atoms with Gasteiger partial charge in [-0.3, -0.25) is 0 Å². The van der Waals surface area contributed by atoms with Crippen molar-refractivity contribution in [3.63, 3.8) is 0 Å². The highest BCUT2D eigenvalue weighted by Gasteiger charge is 2.37. The van der Waals surface area contributed by atoms with Crippen LogP contribution in [0.3, 0.4) is 0 Å². The summed E-state index contributed by atoms with van der Waals surface area (Å²) in [5, 5.41) is 0. The average molecular weight is 320 g/mol. The first-order valence-electron chi connectivity index (χ1n) is 9.01. The summed E-state index contributed by atoms with van der Waals surface area (Å²) in [5.74, 6) is 1.25. The van der Waals surface area contributed by atoms with Crippen molar-refractivity contribution in [3.8, 4) is 11.1 Å². The highest BCUT2D eigenvalue weighted by atomic mass is 14.4. The number of rotatable bonds is 3. The molecular formula is C25H20. The maximum atomic E-state index is 2.35. The first kappa shape index (κ1) is 14.5. The van der Waals surface area contributed by atoms with Gasteiger partial charge < -0.3 is 0 Å². The molecule has 0 fully saturated rings. The zero-order valence-electron chi connectivity index (χ0n) is 14.0. The maximum Gasteiger partial charge on any atom is 0.0179 e. The van der Waals surface area contributed by atoms with E-state index in [1.165, 1.54) is 27.8 Å². The van der Waals surface area contributed by atoms with Crippen LogP contribution >= 0.6 is 0 Å². The third-order valence-corrected chi connectivity index (χ3v) is 5.62. The lowest BCUT2D eigenvalue weighted by atomic mass is 9.73. The number of hydrogen-bond acceptors (Lipinski definition) is 0. The van der Waals surface area contributed by atoms with Crippen molar-refractivity contribution in [1.29, 1.82) is 0 Å². The van der Waals surface area contributed by atoms with Crippen molar-refractivity contribution in [2.75, 3.05) is 0 Å². The van der Waals surface area contributed by atoms with E-state index >= 15 is 0 Å². The summed E-state index contributed by atoms with van der Waals surface area (Å²) in [5.41, 5.74) is 7.14. The van der Waals surface area contributed by atoms with Gasteiger partial charge in [-0.05, 0) is 27.8 Å². The quantitative estimate of drug-likeness (QED) is 0.529. The Morgan fingerprint density at radius 1 is 0.560 bits per heavy atom. The Bertz CT molecular complexity index is 905. The van der Waals surface area contributed by atoms with E-state index in [0.717, 1.165) is 0 Å². The Morgan fingerprint density at radius 3 is 1.68 bits per heavy atom. The summed E-state index contributed by atoms with van der Waals surface area (Å²) in [6.45, 7) is 0. The van der Waals surface area contributed by atoms with Crippen LogP contribution in [0.15, 0.2) is 103 Å². The minimum absolute atomic E-state index is 0.396. The Labute approximate surface area is 149 Å². The minimum Gasteiger partial charge on any atom is -0.0770 e. The smallest absolute Gasteiger partial charge is 0.0179 e. The standard InChI is InChI=1S/C25H20/c1-2-10-18(11-3-1)24(19-12-4-5-13-19)25-22-16-8-6-14-20(22)21-15-7-9-17-23(21)25/h1-17,19,24-25H.